The molecule has 0 bridgehead atoms. The average molecular weight is 311 g/mol. The standard InChI is InChI=1S/C20H13N3O/c1-2-8-14(9-3-1)19-21-22-20(24-19)23-17-12-6-4-10-15(17)16-11-5-7-13-18(16)23/h1-13H. The molecule has 0 N–H and O–H groups in total. The molecule has 0 spiro atoms. The Balaban J connectivity index is 1.79. The first-order valence-electron chi connectivity index (χ1n) is 7.79. The van der Waals surface area contributed by atoms with Gasteiger partial charge in [-0.1, -0.05) is 59.7 Å². The summed E-state index contributed by atoms with van der Waals surface area (Å²) in [6.07, 6.45) is 0. The third-order valence-electron chi connectivity index (χ3n) is 4.21. The molecule has 24 heavy (non-hydrogen) atoms. The van der Waals surface area contributed by atoms with Gasteiger partial charge in [0.15, 0.2) is 0 Å². The molecule has 0 aliphatic heterocycles. The van der Waals surface area contributed by atoms with Crippen LogP contribution in [0.1, 0.15) is 0 Å². The zero-order valence-electron chi connectivity index (χ0n) is 12.8. The molecule has 2 heterocycles. The number of hydrogen-bond acceptors (Lipinski definition) is 3. The van der Waals surface area contributed by atoms with Gasteiger partial charge in [0.05, 0.1) is 11.0 Å². The van der Waals surface area contributed by atoms with Crippen LogP contribution in [0.5, 0.6) is 0 Å². The zero-order chi connectivity index (χ0) is 15.9. The minimum absolute atomic E-state index is 0.478. The lowest BCUT2D eigenvalue weighted by molar-refractivity contribution is 0.546. The van der Waals surface area contributed by atoms with E-state index in [0.717, 1.165) is 16.6 Å². The largest absolute Gasteiger partial charge is 0.403 e. The fourth-order valence-corrected chi connectivity index (χ4v) is 3.13. The molecule has 3 aromatic carbocycles. The van der Waals surface area contributed by atoms with Crippen molar-refractivity contribution in [3.8, 4) is 17.5 Å². The quantitative estimate of drug-likeness (QED) is 0.469. The Labute approximate surface area is 138 Å². The fraction of sp³-hybridized carbons (Fsp3) is 0. The Bertz CT molecular complexity index is 1100. The van der Waals surface area contributed by atoms with E-state index in [1.165, 1.54) is 10.8 Å². The van der Waals surface area contributed by atoms with Crippen LogP contribution in [0.15, 0.2) is 83.3 Å². The van der Waals surface area contributed by atoms with Crippen molar-refractivity contribution in [2.24, 2.45) is 0 Å². The van der Waals surface area contributed by atoms with E-state index in [1.54, 1.807) is 0 Å². The van der Waals surface area contributed by atoms with Gasteiger partial charge in [-0.2, -0.15) is 0 Å². The highest BCUT2D eigenvalue weighted by Crippen LogP contribution is 2.31. The summed E-state index contributed by atoms with van der Waals surface area (Å²) in [5, 5.41) is 10.8. The van der Waals surface area contributed by atoms with E-state index < -0.39 is 0 Å². The molecule has 0 unspecified atom stereocenters. The SMILES string of the molecule is c1ccc(-c2nnc(-n3c4ccccc4c4ccccc43)o2)cc1. The monoisotopic (exact) mass is 311 g/mol. The van der Waals surface area contributed by atoms with Crippen molar-refractivity contribution in [3.63, 3.8) is 0 Å². The number of hydrogen-bond donors (Lipinski definition) is 0. The average Bonchev–Trinajstić information content (AvgIpc) is 3.25. The van der Waals surface area contributed by atoms with Crippen molar-refractivity contribution < 1.29 is 4.42 Å². The van der Waals surface area contributed by atoms with E-state index in [0.29, 0.717) is 11.9 Å². The normalized spacial score (nSPS) is 11.3. The minimum Gasteiger partial charge on any atom is -0.403 e. The predicted octanol–water partition coefficient (Wildman–Crippen LogP) is 4.83. The minimum atomic E-state index is 0.478. The Hall–Kier alpha value is -3.40. The second-order valence-corrected chi connectivity index (χ2v) is 5.63. The molecule has 0 fully saturated rings. The molecule has 0 amide bonds. The fourth-order valence-electron chi connectivity index (χ4n) is 3.13. The summed E-state index contributed by atoms with van der Waals surface area (Å²) in [5.74, 6) is 0.521. The molecule has 0 aliphatic rings. The highest BCUT2D eigenvalue weighted by Gasteiger charge is 2.16. The van der Waals surface area contributed by atoms with Gasteiger partial charge in [0.1, 0.15) is 0 Å². The van der Waals surface area contributed by atoms with Gasteiger partial charge in [-0.15, -0.1) is 5.10 Å². The molecule has 0 aliphatic carbocycles. The van der Waals surface area contributed by atoms with Gasteiger partial charge < -0.3 is 4.42 Å². The number of rotatable bonds is 2. The first-order chi connectivity index (χ1) is 11.9. The van der Waals surface area contributed by atoms with Crippen molar-refractivity contribution in [3.05, 3.63) is 78.9 Å². The molecule has 0 atom stereocenters. The third-order valence-corrected chi connectivity index (χ3v) is 4.21. The smallest absolute Gasteiger partial charge is 0.327 e. The maximum atomic E-state index is 5.97. The number of benzene rings is 3. The number of aromatic nitrogens is 3. The molecule has 0 saturated heterocycles. The Kier molecular flexibility index (Phi) is 2.76. The predicted molar refractivity (Wildman–Crippen MR) is 94.1 cm³/mol. The molecule has 0 saturated carbocycles. The summed E-state index contributed by atoms with van der Waals surface area (Å²) in [5.41, 5.74) is 3.03. The van der Waals surface area contributed by atoms with Gasteiger partial charge >= 0.3 is 6.01 Å². The summed E-state index contributed by atoms with van der Waals surface area (Å²) in [6.45, 7) is 0. The van der Waals surface area contributed by atoms with Crippen LogP contribution < -0.4 is 0 Å². The van der Waals surface area contributed by atoms with E-state index in [4.69, 9.17) is 4.42 Å². The summed E-state index contributed by atoms with van der Waals surface area (Å²) in [7, 11) is 0. The molecule has 5 rings (SSSR count). The van der Waals surface area contributed by atoms with Crippen LogP contribution in [0, 0.1) is 0 Å². The van der Waals surface area contributed by atoms with Crippen molar-refractivity contribution in [1.82, 2.24) is 14.8 Å². The molecule has 0 radical (unpaired) electrons. The number of para-hydroxylation sites is 2. The van der Waals surface area contributed by atoms with E-state index >= 15 is 0 Å². The maximum Gasteiger partial charge on any atom is 0.327 e. The van der Waals surface area contributed by atoms with E-state index in [9.17, 15) is 0 Å². The topological polar surface area (TPSA) is 43.9 Å². The second-order valence-electron chi connectivity index (χ2n) is 5.63. The van der Waals surface area contributed by atoms with Crippen LogP contribution in [0.3, 0.4) is 0 Å². The molecular formula is C20H13N3O. The molecular weight excluding hydrogens is 298 g/mol. The Morgan fingerprint density at radius 3 is 1.88 bits per heavy atom. The van der Waals surface area contributed by atoms with E-state index in [-0.39, 0.29) is 0 Å². The van der Waals surface area contributed by atoms with Crippen LogP contribution in [0.2, 0.25) is 0 Å². The molecule has 4 heteroatoms. The van der Waals surface area contributed by atoms with Gasteiger partial charge in [0.2, 0.25) is 5.89 Å². The summed E-state index contributed by atoms with van der Waals surface area (Å²) in [4.78, 5) is 0. The molecule has 5 aromatic rings. The second kappa shape index (κ2) is 5.06. The van der Waals surface area contributed by atoms with E-state index in [2.05, 4.69) is 34.5 Å². The number of nitrogens with zero attached hydrogens (tertiary/aromatic N) is 3. The van der Waals surface area contributed by atoms with E-state index in [1.807, 2.05) is 59.2 Å². The van der Waals surface area contributed by atoms with Crippen molar-refractivity contribution in [2.45, 2.75) is 0 Å². The van der Waals surface area contributed by atoms with Crippen LogP contribution in [0.4, 0.5) is 0 Å². The molecule has 2 aromatic heterocycles. The Morgan fingerprint density at radius 1 is 0.625 bits per heavy atom. The van der Waals surface area contributed by atoms with Gasteiger partial charge in [-0.3, -0.25) is 4.57 Å². The van der Waals surface area contributed by atoms with Gasteiger partial charge in [0, 0.05) is 16.3 Å². The van der Waals surface area contributed by atoms with Crippen LogP contribution in [0.25, 0.3) is 39.3 Å². The molecule has 4 nitrogen and oxygen atoms in total. The number of fused-ring (bicyclic) bond motifs is 3. The first kappa shape index (κ1) is 13.1. The maximum absolute atomic E-state index is 5.97. The summed E-state index contributed by atoms with van der Waals surface area (Å²) < 4.78 is 7.99. The highest BCUT2D eigenvalue weighted by molar-refractivity contribution is 6.08. The lowest BCUT2D eigenvalue weighted by Crippen LogP contribution is -1.93. The third kappa shape index (κ3) is 1.86. The van der Waals surface area contributed by atoms with Gasteiger partial charge in [-0.05, 0) is 24.3 Å². The van der Waals surface area contributed by atoms with Gasteiger partial charge in [-0.25, -0.2) is 0 Å². The van der Waals surface area contributed by atoms with Gasteiger partial charge in [0.25, 0.3) is 0 Å². The summed E-state index contributed by atoms with van der Waals surface area (Å²) in [6, 6.07) is 26.8. The van der Waals surface area contributed by atoms with Crippen molar-refractivity contribution in [1.29, 1.82) is 0 Å². The lowest BCUT2D eigenvalue weighted by Gasteiger charge is -2.00. The molecule has 114 valence electrons. The summed E-state index contributed by atoms with van der Waals surface area (Å²) >= 11 is 0. The van der Waals surface area contributed by atoms with Crippen LogP contribution in [-0.2, 0) is 0 Å². The van der Waals surface area contributed by atoms with Crippen LogP contribution in [-0.4, -0.2) is 14.8 Å². The first-order valence-corrected chi connectivity index (χ1v) is 7.79. The highest BCUT2D eigenvalue weighted by atomic mass is 16.4. The van der Waals surface area contributed by atoms with Crippen molar-refractivity contribution >= 4 is 21.8 Å². The Morgan fingerprint density at radius 2 is 1.21 bits per heavy atom. The zero-order valence-corrected chi connectivity index (χ0v) is 12.8. The van der Waals surface area contributed by atoms with Crippen LogP contribution >= 0.6 is 0 Å². The van der Waals surface area contributed by atoms with Crippen molar-refractivity contribution in [2.75, 3.05) is 0 Å². The lowest BCUT2D eigenvalue weighted by atomic mass is 10.2.